The molecule has 4 heteroatoms. The van der Waals surface area contributed by atoms with Crippen molar-refractivity contribution in [3.63, 3.8) is 0 Å². The Morgan fingerprint density at radius 1 is 1.29 bits per heavy atom. The second-order valence-corrected chi connectivity index (χ2v) is 5.69. The molecule has 2 rings (SSSR count). The van der Waals surface area contributed by atoms with Gasteiger partial charge in [0.05, 0.1) is 0 Å². The number of nitrogens with two attached hydrogens (primary N) is 1. The van der Waals surface area contributed by atoms with Gasteiger partial charge in [0.1, 0.15) is 0 Å². The highest BCUT2D eigenvalue weighted by atomic mass is 16.3. The molecule has 0 aromatic rings. The van der Waals surface area contributed by atoms with E-state index in [4.69, 9.17) is 10.8 Å². The maximum atomic E-state index is 11.8. The summed E-state index contributed by atoms with van der Waals surface area (Å²) in [7, 11) is 0. The third kappa shape index (κ3) is 3.19. The molecule has 1 saturated heterocycles. The lowest BCUT2D eigenvalue weighted by atomic mass is 9.81. The topological polar surface area (TPSA) is 66.6 Å². The summed E-state index contributed by atoms with van der Waals surface area (Å²) >= 11 is 0. The maximum Gasteiger partial charge on any atom is 0.223 e. The molecular formula is C13H24N2O2. The predicted molar refractivity (Wildman–Crippen MR) is 66.3 cm³/mol. The third-order valence-electron chi connectivity index (χ3n) is 4.26. The first-order valence-electron chi connectivity index (χ1n) is 6.81. The number of aliphatic hydroxyl groups excluding tert-OH is 1. The van der Waals surface area contributed by atoms with Crippen LogP contribution in [0.25, 0.3) is 0 Å². The van der Waals surface area contributed by atoms with E-state index in [1.54, 1.807) is 0 Å². The SMILES string of the molecule is NC[C@@H]1CCC[C@H](CN2CC(CO)CC2=O)C1. The fourth-order valence-electron chi connectivity index (χ4n) is 3.25. The van der Waals surface area contributed by atoms with Crippen molar-refractivity contribution in [1.82, 2.24) is 4.90 Å². The van der Waals surface area contributed by atoms with Gasteiger partial charge in [-0.05, 0) is 37.6 Å². The summed E-state index contributed by atoms with van der Waals surface area (Å²) in [6.07, 6.45) is 5.43. The van der Waals surface area contributed by atoms with Gasteiger partial charge in [-0.2, -0.15) is 0 Å². The van der Waals surface area contributed by atoms with Gasteiger partial charge >= 0.3 is 0 Å². The summed E-state index contributed by atoms with van der Waals surface area (Å²) in [5.74, 6) is 1.66. The van der Waals surface area contributed by atoms with Crippen LogP contribution in [0.1, 0.15) is 32.1 Å². The van der Waals surface area contributed by atoms with Crippen LogP contribution in [0.5, 0.6) is 0 Å². The molecule has 1 aliphatic heterocycles. The number of nitrogens with zero attached hydrogens (tertiary/aromatic N) is 1. The van der Waals surface area contributed by atoms with Crippen molar-refractivity contribution in [1.29, 1.82) is 0 Å². The number of hydrogen-bond donors (Lipinski definition) is 2. The second-order valence-electron chi connectivity index (χ2n) is 5.69. The second kappa shape index (κ2) is 5.83. The van der Waals surface area contributed by atoms with Crippen LogP contribution in [0.3, 0.4) is 0 Å². The zero-order valence-corrected chi connectivity index (χ0v) is 10.5. The van der Waals surface area contributed by atoms with Gasteiger partial charge in [-0.15, -0.1) is 0 Å². The van der Waals surface area contributed by atoms with Crippen LogP contribution in [-0.4, -0.2) is 42.2 Å². The van der Waals surface area contributed by atoms with Gasteiger partial charge in [0.2, 0.25) is 5.91 Å². The zero-order valence-electron chi connectivity index (χ0n) is 10.5. The molecule has 1 aliphatic carbocycles. The Labute approximate surface area is 103 Å². The Morgan fingerprint density at radius 3 is 2.71 bits per heavy atom. The van der Waals surface area contributed by atoms with Crippen molar-refractivity contribution in [3.8, 4) is 0 Å². The molecule has 4 nitrogen and oxygen atoms in total. The molecule has 1 heterocycles. The third-order valence-corrected chi connectivity index (χ3v) is 4.26. The summed E-state index contributed by atoms with van der Waals surface area (Å²) in [6, 6.07) is 0. The van der Waals surface area contributed by atoms with Crippen molar-refractivity contribution < 1.29 is 9.90 Å². The molecule has 0 bridgehead atoms. The van der Waals surface area contributed by atoms with Crippen LogP contribution < -0.4 is 5.73 Å². The molecule has 0 aromatic carbocycles. The normalized spacial score (nSPS) is 34.4. The molecule has 2 aliphatic rings. The molecule has 0 aromatic heterocycles. The zero-order chi connectivity index (χ0) is 12.3. The van der Waals surface area contributed by atoms with Crippen LogP contribution in [0.15, 0.2) is 0 Å². The standard InChI is InChI=1S/C13H24N2O2/c14-6-10-2-1-3-11(4-10)7-15-8-12(9-16)5-13(15)17/h10-12,16H,1-9,14H2/t10-,11+,12?/m1/s1. The highest BCUT2D eigenvalue weighted by Gasteiger charge is 2.31. The number of amides is 1. The van der Waals surface area contributed by atoms with E-state index >= 15 is 0 Å². The number of likely N-dealkylation sites (tertiary alicyclic amines) is 1. The summed E-state index contributed by atoms with van der Waals surface area (Å²) in [4.78, 5) is 13.7. The molecule has 98 valence electrons. The van der Waals surface area contributed by atoms with Gasteiger partial charge in [-0.1, -0.05) is 6.42 Å². The lowest BCUT2D eigenvalue weighted by Crippen LogP contribution is -2.34. The Hall–Kier alpha value is -0.610. The average molecular weight is 240 g/mol. The average Bonchev–Trinajstić information content (AvgIpc) is 2.70. The first-order valence-corrected chi connectivity index (χ1v) is 6.81. The molecule has 1 saturated carbocycles. The Bertz CT molecular complexity index is 270. The first-order chi connectivity index (χ1) is 8.22. The summed E-state index contributed by atoms with van der Waals surface area (Å²) in [6.45, 7) is 2.55. The fourth-order valence-corrected chi connectivity index (χ4v) is 3.25. The van der Waals surface area contributed by atoms with E-state index in [2.05, 4.69) is 0 Å². The molecule has 17 heavy (non-hydrogen) atoms. The van der Waals surface area contributed by atoms with E-state index in [-0.39, 0.29) is 18.4 Å². The lowest BCUT2D eigenvalue weighted by molar-refractivity contribution is -0.128. The maximum absolute atomic E-state index is 11.8. The van der Waals surface area contributed by atoms with Crippen LogP contribution in [0.2, 0.25) is 0 Å². The number of rotatable bonds is 4. The largest absolute Gasteiger partial charge is 0.396 e. The molecule has 1 amide bonds. The molecule has 0 radical (unpaired) electrons. The molecule has 2 fully saturated rings. The highest BCUT2D eigenvalue weighted by Crippen LogP contribution is 2.30. The first kappa shape index (κ1) is 12.8. The Balaban J connectivity index is 1.82. The summed E-state index contributed by atoms with van der Waals surface area (Å²) < 4.78 is 0. The van der Waals surface area contributed by atoms with Crippen LogP contribution in [-0.2, 0) is 4.79 Å². The minimum atomic E-state index is 0.137. The number of carbonyl (C=O) groups is 1. The van der Waals surface area contributed by atoms with E-state index < -0.39 is 0 Å². The molecule has 1 unspecified atom stereocenters. The van der Waals surface area contributed by atoms with Gasteiger partial charge in [0.15, 0.2) is 0 Å². The van der Waals surface area contributed by atoms with E-state index in [9.17, 15) is 4.79 Å². The van der Waals surface area contributed by atoms with E-state index in [0.717, 1.165) is 19.6 Å². The minimum Gasteiger partial charge on any atom is -0.396 e. The molecule has 3 atom stereocenters. The van der Waals surface area contributed by atoms with E-state index in [1.807, 2.05) is 4.90 Å². The molecular weight excluding hydrogens is 216 g/mol. The van der Waals surface area contributed by atoms with Crippen molar-refractivity contribution in [2.24, 2.45) is 23.5 Å². The fraction of sp³-hybridized carbons (Fsp3) is 0.923. The van der Waals surface area contributed by atoms with Gasteiger partial charge in [-0.3, -0.25) is 4.79 Å². The Morgan fingerprint density at radius 2 is 2.06 bits per heavy atom. The number of aliphatic hydroxyl groups is 1. The minimum absolute atomic E-state index is 0.137. The van der Waals surface area contributed by atoms with E-state index in [1.165, 1.54) is 25.7 Å². The van der Waals surface area contributed by atoms with Crippen molar-refractivity contribution in [3.05, 3.63) is 0 Å². The molecule has 0 spiro atoms. The Kier molecular flexibility index (Phi) is 4.40. The number of hydrogen-bond acceptors (Lipinski definition) is 3. The summed E-state index contributed by atoms with van der Waals surface area (Å²) in [5, 5.41) is 9.09. The highest BCUT2D eigenvalue weighted by molar-refractivity contribution is 5.78. The van der Waals surface area contributed by atoms with Crippen molar-refractivity contribution in [2.75, 3.05) is 26.2 Å². The number of carbonyl (C=O) groups excluding carboxylic acids is 1. The van der Waals surface area contributed by atoms with Crippen LogP contribution in [0, 0.1) is 17.8 Å². The van der Waals surface area contributed by atoms with Crippen molar-refractivity contribution >= 4 is 5.91 Å². The van der Waals surface area contributed by atoms with Crippen LogP contribution in [0.4, 0.5) is 0 Å². The predicted octanol–water partition coefficient (Wildman–Crippen LogP) is 0.592. The van der Waals surface area contributed by atoms with Gasteiger partial charge in [0, 0.05) is 32.0 Å². The van der Waals surface area contributed by atoms with E-state index in [0.29, 0.717) is 18.3 Å². The smallest absolute Gasteiger partial charge is 0.223 e. The monoisotopic (exact) mass is 240 g/mol. The molecule has 3 N–H and O–H groups in total. The van der Waals surface area contributed by atoms with Crippen LogP contribution >= 0.6 is 0 Å². The summed E-state index contributed by atoms with van der Waals surface area (Å²) in [5.41, 5.74) is 5.73. The van der Waals surface area contributed by atoms with Crippen molar-refractivity contribution in [2.45, 2.75) is 32.1 Å². The van der Waals surface area contributed by atoms with Gasteiger partial charge in [0.25, 0.3) is 0 Å². The van der Waals surface area contributed by atoms with Gasteiger partial charge in [-0.25, -0.2) is 0 Å². The lowest BCUT2D eigenvalue weighted by Gasteiger charge is -2.31. The quantitative estimate of drug-likeness (QED) is 0.756. The van der Waals surface area contributed by atoms with Gasteiger partial charge < -0.3 is 15.7 Å².